The van der Waals surface area contributed by atoms with Crippen molar-refractivity contribution in [1.82, 2.24) is 10.2 Å². The topological polar surface area (TPSA) is 15.3 Å². The molecule has 1 N–H and O–H groups in total. The van der Waals surface area contributed by atoms with E-state index in [2.05, 4.69) is 5.32 Å². The maximum absolute atomic E-state index is 13.3. The SMILES string of the molecule is Cl.Cl.Fc1ccc(Cl)c([C@@H](N2CCNCC2)C(F)(F)F)c1. The van der Waals surface area contributed by atoms with Gasteiger partial charge in [-0.1, -0.05) is 11.6 Å². The number of piperazine rings is 1. The molecule has 2 nitrogen and oxygen atoms in total. The van der Waals surface area contributed by atoms with Crippen LogP contribution in [0.1, 0.15) is 11.6 Å². The molecule has 0 aromatic heterocycles. The highest BCUT2D eigenvalue weighted by Crippen LogP contribution is 2.40. The molecular formula is C12H15Cl3F4N2. The molecule has 0 unspecified atom stereocenters. The van der Waals surface area contributed by atoms with Crippen LogP contribution >= 0.6 is 36.4 Å². The van der Waals surface area contributed by atoms with Crippen LogP contribution in [0.4, 0.5) is 17.6 Å². The number of alkyl halides is 3. The average Bonchev–Trinajstić information content (AvgIpc) is 2.33. The minimum absolute atomic E-state index is 0. The molecule has 0 amide bonds. The molecule has 1 fully saturated rings. The quantitative estimate of drug-likeness (QED) is 0.797. The third-order valence-corrected chi connectivity index (χ3v) is 3.42. The van der Waals surface area contributed by atoms with E-state index in [9.17, 15) is 17.6 Å². The van der Waals surface area contributed by atoms with Crippen molar-refractivity contribution in [1.29, 1.82) is 0 Å². The first-order valence-electron chi connectivity index (χ1n) is 5.86. The van der Waals surface area contributed by atoms with Gasteiger partial charge in [0.1, 0.15) is 11.9 Å². The number of hydrogen-bond donors (Lipinski definition) is 1. The fourth-order valence-electron chi connectivity index (χ4n) is 2.24. The summed E-state index contributed by atoms with van der Waals surface area (Å²) in [5.74, 6) is -0.719. The lowest BCUT2D eigenvalue weighted by atomic mass is 10.0. The zero-order valence-corrected chi connectivity index (χ0v) is 13.2. The predicted molar refractivity (Wildman–Crippen MR) is 79.1 cm³/mol. The van der Waals surface area contributed by atoms with E-state index in [0.29, 0.717) is 13.1 Å². The van der Waals surface area contributed by atoms with Gasteiger partial charge in [-0.05, 0) is 23.8 Å². The fraction of sp³-hybridized carbons (Fsp3) is 0.500. The Bertz CT molecular complexity index is 451. The van der Waals surface area contributed by atoms with Crippen LogP contribution in [0, 0.1) is 5.82 Å². The Balaban J connectivity index is 0.00000200. The lowest BCUT2D eigenvalue weighted by Gasteiger charge is -2.36. The zero-order valence-electron chi connectivity index (χ0n) is 10.8. The first kappa shape index (κ1) is 20.7. The fourth-order valence-corrected chi connectivity index (χ4v) is 2.47. The molecule has 1 heterocycles. The lowest BCUT2D eigenvalue weighted by molar-refractivity contribution is -0.187. The first-order chi connectivity index (χ1) is 8.89. The number of halogens is 7. The Morgan fingerprint density at radius 1 is 1.14 bits per heavy atom. The molecule has 1 aromatic rings. The van der Waals surface area contributed by atoms with Gasteiger partial charge < -0.3 is 5.32 Å². The molecule has 1 aliphatic heterocycles. The maximum Gasteiger partial charge on any atom is 0.408 e. The molecular weight excluding hydrogens is 354 g/mol. The summed E-state index contributed by atoms with van der Waals surface area (Å²) < 4.78 is 53.0. The van der Waals surface area contributed by atoms with Crippen LogP contribution in [-0.4, -0.2) is 37.3 Å². The summed E-state index contributed by atoms with van der Waals surface area (Å²) in [7, 11) is 0. The van der Waals surface area contributed by atoms with Crippen molar-refractivity contribution in [3.8, 4) is 0 Å². The molecule has 1 aliphatic rings. The average molecular weight is 370 g/mol. The van der Waals surface area contributed by atoms with Crippen LogP contribution in [0.15, 0.2) is 18.2 Å². The van der Waals surface area contributed by atoms with Gasteiger partial charge in [0.15, 0.2) is 0 Å². The van der Waals surface area contributed by atoms with E-state index in [1.165, 1.54) is 4.90 Å². The van der Waals surface area contributed by atoms with Gasteiger partial charge in [-0.2, -0.15) is 13.2 Å². The number of rotatable bonds is 2. The Morgan fingerprint density at radius 2 is 1.71 bits per heavy atom. The number of hydrogen-bond acceptors (Lipinski definition) is 2. The van der Waals surface area contributed by atoms with E-state index in [4.69, 9.17) is 11.6 Å². The number of benzene rings is 1. The van der Waals surface area contributed by atoms with Gasteiger partial charge in [0.25, 0.3) is 0 Å². The second-order valence-electron chi connectivity index (χ2n) is 4.40. The normalized spacial score (nSPS) is 17.6. The smallest absolute Gasteiger partial charge is 0.314 e. The first-order valence-corrected chi connectivity index (χ1v) is 6.24. The molecule has 0 radical (unpaired) electrons. The van der Waals surface area contributed by atoms with Gasteiger partial charge >= 0.3 is 6.18 Å². The van der Waals surface area contributed by atoms with Crippen LogP contribution < -0.4 is 5.32 Å². The molecule has 1 saturated heterocycles. The molecule has 122 valence electrons. The van der Waals surface area contributed by atoms with E-state index in [1.54, 1.807) is 0 Å². The highest BCUT2D eigenvalue weighted by atomic mass is 35.5. The third kappa shape index (κ3) is 5.14. The maximum atomic E-state index is 13.3. The largest absolute Gasteiger partial charge is 0.408 e. The van der Waals surface area contributed by atoms with E-state index < -0.39 is 18.0 Å². The van der Waals surface area contributed by atoms with Gasteiger partial charge in [0, 0.05) is 31.2 Å². The summed E-state index contributed by atoms with van der Waals surface area (Å²) in [4.78, 5) is 1.27. The molecule has 1 aromatic carbocycles. The van der Waals surface area contributed by atoms with Gasteiger partial charge in [0.05, 0.1) is 0 Å². The van der Waals surface area contributed by atoms with Gasteiger partial charge in [-0.3, -0.25) is 4.90 Å². The molecule has 0 aliphatic carbocycles. The minimum atomic E-state index is -4.49. The van der Waals surface area contributed by atoms with Crippen LogP contribution in [0.3, 0.4) is 0 Å². The van der Waals surface area contributed by atoms with Crippen molar-refractivity contribution in [3.05, 3.63) is 34.6 Å². The highest BCUT2D eigenvalue weighted by molar-refractivity contribution is 6.31. The monoisotopic (exact) mass is 368 g/mol. The van der Waals surface area contributed by atoms with Crippen LogP contribution in [0.5, 0.6) is 0 Å². The van der Waals surface area contributed by atoms with Crippen molar-refractivity contribution < 1.29 is 17.6 Å². The molecule has 21 heavy (non-hydrogen) atoms. The summed E-state index contributed by atoms with van der Waals surface area (Å²) in [6.45, 7) is 1.44. The van der Waals surface area contributed by atoms with Crippen molar-refractivity contribution in [2.24, 2.45) is 0 Å². The Morgan fingerprint density at radius 3 is 2.24 bits per heavy atom. The van der Waals surface area contributed by atoms with Crippen molar-refractivity contribution in [2.45, 2.75) is 12.2 Å². The van der Waals surface area contributed by atoms with Crippen LogP contribution in [-0.2, 0) is 0 Å². The molecule has 2 rings (SSSR count). The van der Waals surface area contributed by atoms with E-state index >= 15 is 0 Å². The number of nitrogens with one attached hydrogen (secondary N) is 1. The summed E-state index contributed by atoms with van der Waals surface area (Å²) in [5.41, 5.74) is -0.226. The highest BCUT2D eigenvalue weighted by Gasteiger charge is 2.45. The summed E-state index contributed by atoms with van der Waals surface area (Å²) in [6.07, 6.45) is -4.49. The molecule has 0 saturated carbocycles. The number of nitrogens with zero attached hydrogens (tertiary/aromatic N) is 1. The van der Waals surface area contributed by atoms with Crippen molar-refractivity contribution >= 4 is 36.4 Å². The summed E-state index contributed by atoms with van der Waals surface area (Å²) in [6, 6.07) is 1.21. The van der Waals surface area contributed by atoms with Crippen LogP contribution in [0.25, 0.3) is 0 Å². The van der Waals surface area contributed by atoms with Gasteiger partial charge in [0.2, 0.25) is 0 Å². The Hall–Kier alpha value is -0.270. The van der Waals surface area contributed by atoms with Gasteiger partial charge in [-0.25, -0.2) is 4.39 Å². The second kappa shape index (κ2) is 8.39. The van der Waals surface area contributed by atoms with E-state index in [1.807, 2.05) is 0 Å². The predicted octanol–water partition coefficient (Wildman–Crippen LogP) is 3.83. The molecule has 0 spiro atoms. The minimum Gasteiger partial charge on any atom is -0.314 e. The second-order valence-corrected chi connectivity index (χ2v) is 4.80. The van der Waals surface area contributed by atoms with Gasteiger partial charge in [-0.15, -0.1) is 24.8 Å². The standard InChI is InChI=1S/C12H13ClF4N2.2ClH/c13-10-2-1-8(14)7-9(10)11(12(15,16)17)19-5-3-18-4-6-19;;/h1-2,7,11,18H,3-6H2;2*1H/t11-;;/m1../s1. The summed E-state index contributed by atoms with van der Waals surface area (Å²) in [5, 5.41) is 2.92. The Kier molecular flexibility index (Phi) is 8.28. The molecule has 9 heteroatoms. The van der Waals surface area contributed by atoms with Crippen molar-refractivity contribution in [2.75, 3.05) is 26.2 Å². The van der Waals surface area contributed by atoms with Crippen LogP contribution in [0.2, 0.25) is 5.02 Å². The van der Waals surface area contributed by atoms with E-state index in [-0.39, 0.29) is 48.5 Å². The zero-order chi connectivity index (χ0) is 14.0. The molecule has 0 bridgehead atoms. The molecule has 1 atom stereocenters. The third-order valence-electron chi connectivity index (χ3n) is 3.08. The summed E-state index contributed by atoms with van der Waals surface area (Å²) >= 11 is 5.81. The Labute approximate surface area is 137 Å². The van der Waals surface area contributed by atoms with Crippen molar-refractivity contribution in [3.63, 3.8) is 0 Å². The van der Waals surface area contributed by atoms with E-state index in [0.717, 1.165) is 18.2 Å². The lowest BCUT2D eigenvalue weighted by Crippen LogP contribution is -2.49.